The molecule has 0 radical (unpaired) electrons. The van der Waals surface area contributed by atoms with Crippen LogP contribution in [-0.2, 0) is 12.8 Å². The highest BCUT2D eigenvalue weighted by Gasteiger charge is 2.09. The normalized spacial score (nSPS) is 10.8. The van der Waals surface area contributed by atoms with Gasteiger partial charge >= 0.3 is 0 Å². The van der Waals surface area contributed by atoms with Crippen LogP contribution in [-0.4, -0.2) is 52.3 Å². The van der Waals surface area contributed by atoms with Crippen molar-refractivity contribution in [3.05, 3.63) is 59.4 Å². The van der Waals surface area contributed by atoms with Crippen LogP contribution in [0.1, 0.15) is 11.1 Å². The van der Waals surface area contributed by atoms with Crippen molar-refractivity contribution in [1.29, 1.82) is 0 Å². The van der Waals surface area contributed by atoms with E-state index in [2.05, 4.69) is 15.2 Å². The topological polar surface area (TPSA) is 46.1 Å². The Morgan fingerprint density at radius 2 is 1.79 bits per heavy atom. The first kappa shape index (κ1) is 24.0. The third-order valence-electron chi connectivity index (χ3n) is 4.39. The number of halogens is 2. The first-order chi connectivity index (χ1) is 13.1. The standard InChI is InChI=1S/C21H28FN3O2.HI/c1-23-21(24-13-11-17-7-5-6-8-18(17)22)25(2)14-12-16-9-10-19(26-3)20(15-16)27-4;/h5-10,15H,11-14H2,1-4H3,(H,23,24);1H. The van der Waals surface area contributed by atoms with Gasteiger partial charge < -0.3 is 19.7 Å². The Bertz CT molecular complexity index is 771. The van der Waals surface area contributed by atoms with Crippen molar-refractivity contribution in [3.63, 3.8) is 0 Å². The fraction of sp³-hybridized carbons (Fsp3) is 0.381. The SMILES string of the molecule is CN=C(NCCc1ccccc1F)N(C)CCc1ccc(OC)c(OC)c1.I. The second-order valence-electron chi connectivity index (χ2n) is 6.18. The number of ether oxygens (including phenoxy) is 2. The summed E-state index contributed by atoms with van der Waals surface area (Å²) in [5.74, 6) is 2.06. The zero-order valence-corrected chi connectivity index (χ0v) is 19.2. The van der Waals surface area contributed by atoms with E-state index in [0.717, 1.165) is 36.0 Å². The quantitative estimate of drug-likeness (QED) is 0.340. The van der Waals surface area contributed by atoms with Gasteiger partial charge in [0.1, 0.15) is 5.82 Å². The molecular formula is C21H29FIN3O2. The number of hydrogen-bond acceptors (Lipinski definition) is 3. The van der Waals surface area contributed by atoms with Crippen LogP contribution in [0.15, 0.2) is 47.5 Å². The van der Waals surface area contributed by atoms with E-state index in [-0.39, 0.29) is 29.8 Å². The maximum atomic E-state index is 13.7. The average Bonchev–Trinajstić information content (AvgIpc) is 2.70. The Balaban J connectivity index is 0.00000392. The molecule has 2 aromatic carbocycles. The van der Waals surface area contributed by atoms with Crippen LogP contribution >= 0.6 is 24.0 Å². The Labute approximate surface area is 184 Å². The summed E-state index contributed by atoms with van der Waals surface area (Å²) < 4.78 is 24.3. The maximum Gasteiger partial charge on any atom is 0.193 e. The van der Waals surface area contributed by atoms with Gasteiger partial charge in [-0.25, -0.2) is 4.39 Å². The van der Waals surface area contributed by atoms with E-state index in [9.17, 15) is 4.39 Å². The van der Waals surface area contributed by atoms with Gasteiger partial charge in [0.15, 0.2) is 17.5 Å². The molecule has 0 aliphatic carbocycles. The third kappa shape index (κ3) is 6.85. The van der Waals surface area contributed by atoms with Crippen molar-refractivity contribution in [1.82, 2.24) is 10.2 Å². The summed E-state index contributed by atoms with van der Waals surface area (Å²) in [6.45, 7) is 1.41. The predicted octanol–water partition coefficient (Wildman–Crippen LogP) is 3.75. The van der Waals surface area contributed by atoms with Gasteiger partial charge in [0, 0.05) is 27.2 Å². The van der Waals surface area contributed by atoms with Crippen molar-refractivity contribution >= 4 is 29.9 Å². The van der Waals surface area contributed by atoms with Gasteiger partial charge in [-0.15, -0.1) is 24.0 Å². The molecule has 0 amide bonds. The molecule has 0 atom stereocenters. The minimum Gasteiger partial charge on any atom is -0.493 e. The van der Waals surface area contributed by atoms with E-state index >= 15 is 0 Å². The number of hydrogen-bond donors (Lipinski definition) is 1. The largest absolute Gasteiger partial charge is 0.493 e. The zero-order valence-electron chi connectivity index (χ0n) is 16.9. The van der Waals surface area contributed by atoms with Crippen molar-refractivity contribution in [3.8, 4) is 11.5 Å². The summed E-state index contributed by atoms with van der Waals surface area (Å²) in [4.78, 5) is 6.36. The summed E-state index contributed by atoms with van der Waals surface area (Å²) in [5, 5.41) is 3.29. The van der Waals surface area contributed by atoms with Crippen LogP contribution in [0.2, 0.25) is 0 Å². The number of rotatable bonds is 8. The Morgan fingerprint density at radius 3 is 2.43 bits per heavy atom. The minimum absolute atomic E-state index is 0. The Morgan fingerprint density at radius 1 is 1.07 bits per heavy atom. The summed E-state index contributed by atoms with van der Waals surface area (Å²) in [5.41, 5.74) is 1.86. The molecule has 0 fully saturated rings. The predicted molar refractivity (Wildman–Crippen MR) is 123 cm³/mol. The highest BCUT2D eigenvalue weighted by Crippen LogP contribution is 2.27. The molecule has 154 valence electrons. The van der Waals surface area contributed by atoms with Crippen molar-refractivity contribution in [2.75, 3.05) is 41.4 Å². The van der Waals surface area contributed by atoms with Crippen molar-refractivity contribution in [2.45, 2.75) is 12.8 Å². The van der Waals surface area contributed by atoms with Gasteiger partial charge in [-0.05, 0) is 42.2 Å². The lowest BCUT2D eigenvalue weighted by Crippen LogP contribution is -2.40. The second-order valence-corrected chi connectivity index (χ2v) is 6.18. The molecule has 0 spiro atoms. The maximum absolute atomic E-state index is 13.7. The first-order valence-corrected chi connectivity index (χ1v) is 8.95. The number of likely N-dealkylation sites (N-methyl/N-ethyl adjacent to an activating group) is 1. The van der Waals surface area contributed by atoms with E-state index in [1.54, 1.807) is 33.4 Å². The molecule has 28 heavy (non-hydrogen) atoms. The molecule has 0 saturated heterocycles. The van der Waals surface area contributed by atoms with Crippen LogP contribution in [0.5, 0.6) is 11.5 Å². The number of guanidine groups is 1. The van der Waals surface area contributed by atoms with E-state index in [0.29, 0.717) is 18.5 Å². The zero-order chi connectivity index (χ0) is 19.6. The van der Waals surface area contributed by atoms with E-state index in [4.69, 9.17) is 9.47 Å². The molecule has 0 heterocycles. The summed E-state index contributed by atoms with van der Waals surface area (Å²) in [6, 6.07) is 12.8. The highest BCUT2D eigenvalue weighted by atomic mass is 127. The number of nitrogens with one attached hydrogen (secondary N) is 1. The average molecular weight is 501 g/mol. The van der Waals surface area contributed by atoms with Crippen molar-refractivity contribution < 1.29 is 13.9 Å². The highest BCUT2D eigenvalue weighted by molar-refractivity contribution is 14.0. The molecule has 0 aromatic heterocycles. The smallest absolute Gasteiger partial charge is 0.193 e. The number of nitrogens with zero attached hydrogens (tertiary/aromatic N) is 2. The van der Waals surface area contributed by atoms with Gasteiger partial charge in [-0.3, -0.25) is 4.99 Å². The molecule has 0 unspecified atom stereocenters. The van der Waals surface area contributed by atoms with Crippen LogP contribution in [0.4, 0.5) is 4.39 Å². The van der Waals surface area contributed by atoms with Crippen LogP contribution in [0, 0.1) is 5.82 Å². The lowest BCUT2D eigenvalue weighted by atomic mass is 10.1. The Kier molecular flexibility index (Phi) is 10.7. The number of aliphatic imine (C=N–C) groups is 1. The monoisotopic (exact) mass is 501 g/mol. The van der Waals surface area contributed by atoms with Crippen LogP contribution in [0.25, 0.3) is 0 Å². The van der Waals surface area contributed by atoms with Gasteiger partial charge in [0.05, 0.1) is 14.2 Å². The van der Waals surface area contributed by atoms with Gasteiger partial charge in [0.25, 0.3) is 0 Å². The van der Waals surface area contributed by atoms with E-state index in [1.165, 1.54) is 6.07 Å². The first-order valence-electron chi connectivity index (χ1n) is 8.95. The van der Waals surface area contributed by atoms with Gasteiger partial charge in [-0.2, -0.15) is 0 Å². The number of methoxy groups -OCH3 is 2. The molecule has 0 bridgehead atoms. The van der Waals surface area contributed by atoms with E-state index in [1.807, 2.05) is 31.3 Å². The fourth-order valence-electron chi connectivity index (χ4n) is 2.83. The van der Waals surface area contributed by atoms with E-state index < -0.39 is 0 Å². The lowest BCUT2D eigenvalue weighted by Gasteiger charge is -2.22. The molecule has 1 N–H and O–H groups in total. The molecule has 0 saturated carbocycles. The molecule has 2 aromatic rings. The van der Waals surface area contributed by atoms with Crippen LogP contribution < -0.4 is 14.8 Å². The molecule has 2 rings (SSSR count). The fourth-order valence-corrected chi connectivity index (χ4v) is 2.83. The molecule has 7 heteroatoms. The van der Waals surface area contributed by atoms with Crippen LogP contribution in [0.3, 0.4) is 0 Å². The van der Waals surface area contributed by atoms with Gasteiger partial charge in [-0.1, -0.05) is 24.3 Å². The molecule has 5 nitrogen and oxygen atoms in total. The summed E-state index contributed by atoms with van der Waals surface area (Å²) in [6.07, 6.45) is 1.44. The summed E-state index contributed by atoms with van der Waals surface area (Å²) in [7, 11) is 6.99. The summed E-state index contributed by atoms with van der Waals surface area (Å²) >= 11 is 0. The second kappa shape index (κ2) is 12.4. The Hall–Kier alpha value is -2.03. The molecular weight excluding hydrogens is 472 g/mol. The van der Waals surface area contributed by atoms with Gasteiger partial charge in [0.2, 0.25) is 0 Å². The third-order valence-corrected chi connectivity index (χ3v) is 4.39. The molecule has 0 aliphatic rings. The van der Waals surface area contributed by atoms with Crippen molar-refractivity contribution in [2.24, 2.45) is 4.99 Å². The number of benzene rings is 2. The minimum atomic E-state index is -0.170. The lowest BCUT2D eigenvalue weighted by molar-refractivity contribution is 0.354. The molecule has 0 aliphatic heterocycles.